The monoisotopic (exact) mass is 320 g/mol. The molecule has 0 atom stereocenters. The SMILES string of the molecule is O=C(NCCN=Cc1ccc(Cl)cc1Cl)c1ccccc1. The summed E-state index contributed by atoms with van der Waals surface area (Å²) in [6.45, 7) is 0.951. The molecule has 1 amide bonds. The third-order valence-electron chi connectivity index (χ3n) is 2.76. The molecule has 2 aromatic rings. The van der Waals surface area contributed by atoms with Gasteiger partial charge >= 0.3 is 0 Å². The molecule has 0 aliphatic heterocycles. The number of benzene rings is 2. The second kappa shape index (κ2) is 7.81. The Bertz CT molecular complexity index is 642. The summed E-state index contributed by atoms with van der Waals surface area (Å²) in [5.41, 5.74) is 1.44. The maximum absolute atomic E-state index is 11.8. The van der Waals surface area contributed by atoms with Crippen LogP contribution in [0.2, 0.25) is 10.0 Å². The Morgan fingerprint density at radius 2 is 1.90 bits per heavy atom. The van der Waals surface area contributed by atoms with Crippen molar-refractivity contribution in [3.63, 3.8) is 0 Å². The standard InChI is InChI=1S/C16H14Cl2N2O/c17-14-7-6-13(15(18)10-14)11-19-8-9-20-16(21)12-4-2-1-3-5-12/h1-7,10-11H,8-9H2,(H,20,21). The maximum atomic E-state index is 11.8. The van der Waals surface area contributed by atoms with E-state index in [1.807, 2.05) is 18.2 Å². The van der Waals surface area contributed by atoms with Gasteiger partial charge in [-0.15, -0.1) is 0 Å². The van der Waals surface area contributed by atoms with Gasteiger partial charge in [-0.2, -0.15) is 0 Å². The van der Waals surface area contributed by atoms with Crippen LogP contribution in [-0.2, 0) is 0 Å². The van der Waals surface area contributed by atoms with Crippen molar-refractivity contribution in [3.8, 4) is 0 Å². The van der Waals surface area contributed by atoms with Crippen LogP contribution in [-0.4, -0.2) is 25.2 Å². The van der Waals surface area contributed by atoms with Gasteiger partial charge in [0.2, 0.25) is 0 Å². The van der Waals surface area contributed by atoms with Crippen LogP contribution in [0.25, 0.3) is 0 Å². The lowest BCUT2D eigenvalue weighted by molar-refractivity contribution is 0.0955. The summed E-state index contributed by atoms with van der Waals surface area (Å²) in [6.07, 6.45) is 1.67. The van der Waals surface area contributed by atoms with Gasteiger partial charge in [-0.25, -0.2) is 0 Å². The minimum atomic E-state index is -0.102. The fraction of sp³-hybridized carbons (Fsp3) is 0.125. The average molecular weight is 321 g/mol. The van der Waals surface area contributed by atoms with Crippen LogP contribution in [0.15, 0.2) is 53.5 Å². The largest absolute Gasteiger partial charge is 0.350 e. The quantitative estimate of drug-likeness (QED) is 0.660. The maximum Gasteiger partial charge on any atom is 0.251 e. The predicted octanol–water partition coefficient (Wildman–Crippen LogP) is 3.84. The molecule has 21 heavy (non-hydrogen) atoms. The molecule has 0 spiro atoms. The number of nitrogens with zero attached hydrogens (tertiary/aromatic N) is 1. The van der Waals surface area contributed by atoms with Crippen molar-refractivity contribution in [2.75, 3.05) is 13.1 Å². The number of rotatable bonds is 5. The van der Waals surface area contributed by atoms with E-state index >= 15 is 0 Å². The highest BCUT2D eigenvalue weighted by Crippen LogP contribution is 2.19. The molecule has 0 aliphatic carbocycles. The molecule has 2 rings (SSSR count). The van der Waals surface area contributed by atoms with E-state index in [0.29, 0.717) is 28.7 Å². The number of carbonyl (C=O) groups is 1. The molecule has 0 aliphatic rings. The molecule has 1 N–H and O–H groups in total. The third kappa shape index (κ3) is 4.88. The van der Waals surface area contributed by atoms with Crippen LogP contribution in [0, 0.1) is 0 Å². The Hall–Kier alpha value is -1.84. The number of hydrogen-bond acceptors (Lipinski definition) is 2. The highest BCUT2D eigenvalue weighted by Gasteiger charge is 2.02. The van der Waals surface area contributed by atoms with E-state index in [1.54, 1.807) is 36.5 Å². The molecule has 0 bridgehead atoms. The van der Waals surface area contributed by atoms with E-state index in [1.165, 1.54) is 0 Å². The molecule has 0 aromatic heterocycles. The Labute approximate surface area is 133 Å². The first-order valence-electron chi connectivity index (χ1n) is 6.45. The minimum absolute atomic E-state index is 0.102. The van der Waals surface area contributed by atoms with E-state index in [2.05, 4.69) is 10.3 Å². The van der Waals surface area contributed by atoms with Crippen molar-refractivity contribution in [3.05, 3.63) is 69.7 Å². The van der Waals surface area contributed by atoms with Crippen molar-refractivity contribution in [2.24, 2.45) is 4.99 Å². The molecule has 108 valence electrons. The lowest BCUT2D eigenvalue weighted by Gasteiger charge is -2.03. The first-order valence-corrected chi connectivity index (χ1v) is 7.20. The zero-order chi connectivity index (χ0) is 15.1. The number of carbonyl (C=O) groups excluding carboxylic acids is 1. The fourth-order valence-electron chi connectivity index (χ4n) is 1.69. The number of nitrogens with one attached hydrogen (secondary N) is 1. The summed E-state index contributed by atoms with van der Waals surface area (Å²) in [4.78, 5) is 16.0. The number of amides is 1. The average Bonchev–Trinajstić information content (AvgIpc) is 2.49. The lowest BCUT2D eigenvalue weighted by atomic mass is 10.2. The second-order valence-electron chi connectivity index (χ2n) is 4.32. The van der Waals surface area contributed by atoms with Crippen LogP contribution in [0.5, 0.6) is 0 Å². The van der Waals surface area contributed by atoms with Crippen LogP contribution >= 0.6 is 23.2 Å². The van der Waals surface area contributed by atoms with Crippen molar-refractivity contribution in [1.82, 2.24) is 5.32 Å². The topological polar surface area (TPSA) is 41.5 Å². The van der Waals surface area contributed by atoms with Gasteiger partial charge in [-0.05, 0) is 24.3 Å². The van der Waals surface area contributed by atoms with Crippen LogP contribution in [0.4, 0.5) is 0 Å². The van der Waals surface area contributed by atoms with Crippen molar-refractivity contribution in [1.29, 1.82) is 0 Å². The molecule has 5 heteroatoms. The van der Waals surface area contributed by atoms with Gasteiger partial charge in [-0.1, -0.05) is 47.5 Å². The molecule has 0 heterocycles. The van der Waals surface area contributed by atoms with Crippen molar-refractivity contribution < 1.29 is 4.79 Å². The summed E-state index contributed by atoms with van der Waals surface area (Å²) < 4.78 is 0. The van der Waals surface area contributed by atoms with Crippen LogP contribution < -0.4 is 5.32 Å². The zero-order valence-corrected chi connectivity index (χ0v) is 12.7. The van der Waals surface area contributed by atoms with Gasteiger partial charge in [0, 0.05) is 28.9 Å². The molecular weight excluding hydrogens is 307 g/mol. The van der Waals surface area contributed by atoms with Gasteiger partial charge in [-0.3, -0.25) is 9.79 Å². The molecule has 0 saturated carbocycles. The highest BCUT2D eigenvalue weighted by molar-refractivity contribution is 6.36. The number of aliphatic imine (C=N–C) groups is 1. The summed E-state index contributed by atoms with van der Waals surface area (Å²) in [7, 11) is 0. The van der Waals surface area contributed by atoms with Crippen molar-refractivity contribution in [2.45, 2.75) is 0 Å². The zero-order valence-electron chi connectivity index (χ0n) is 11.2. The number of halogens is 2. The Morgan fingerprint density at radius 3 is 2.62 bits per heavy atom. The van der Waals surface area contributed by atoms with E-state index in [0.717, 1.165) is 5.56 Å². The molecule has 0 radical (unpaired) electrons. The first kappa shape index (κ1) is 15.5. The predicted molar refractivity (Wildman–Crippen MR) is 87.7 cm³/mol. The van der Waals surface area contributed by atoms with Gasteiger partial charge in [0.1, 0.15) is 0 Å². The number of hydrogen-bond donors (Lipinski definition) is 1. The summed E-state index contributed by atoms with van der Waals surface area (Å²) in [5.74, 6) is -0.102. The second-order valence-corrected chi connectivity index (χ2v) is 5.17. The Balaban J connectivity index is 1.79. The Kier molecular flexibility index (Phi) is 5.78. The molecular formula is C16H14Cl2N2O. The normalized spacial score (nSPS) is 10.8. The fourth-order valence-corrected chi connectivity index (χ4v) is 2.15. The first-order chi connectivity index (χ1) is 10.2. The molecule has 0 unspecified atom stereocenters. The summed E-state index contributed by atoms with van der Waals surface area (Å²) >= 11 is 11.8. The van der Waals surface area contributed by atoms with Gasteiger partial charge in [0.25, 0.3) is 5.91 Å². The van der Waals surface area contributed by atoms with Gasteiger partial charge < -0.3 is 5.32 Å². The summed E-state index contributed by atoms with van der Waals surface area (Å²) in [6, 6.07) is 14.3. The van der Waals surface area contributed by atoms with E-state index in [9.17, 15) is 4.79 Å². The molecule has 2 aromatic carbocycles. The van der Waals surface area contributed by atoms with E-state index in [-0.39, 0.29) is 5.91 Å². The minimum Gasteiger partial charge on any atom is -0.350 e. The van der Waals surface area contributed by atoms with Gasteiger partial charge in [0.15, 0.2) is 0 Å². The molecule has 0 fully saturated rings. The Morgan fingerprint density at radius 1 is 1.14 bits per heavy atom. The van der Waals surface area contributed by atoms with E-state index < -0.39 is 0 Å². The lowest BCUT2D eigenvalue weighted by Crippen LogP contribution is -2.25. The summed E-state index contributed by atoms with van der Waals surface area (Å²) in [5, 5.41) is 3.95. The highest BCUT2D eigenvalue weighted by atomic mass is 35.5. The van der Waals surface area contributed by atoms with E-state index in [4.69, 9.17) is 23.2 Å². The smallest absolute Gasteiger partial charge is 0.251 e. The van der Waals surface area contributed by atoms with Crippen LogP contribution in [0.1, 0.15) is 15.9 Å². The van der Waals surface area contributed by atoms with Crippen molar-refractivity contribution >= 4 is 35.3 Å². The van der Waals surface area contributed by atoms with Gasteiger partial charge in [0.05, 0.1) is 11.6 Å². The molecule has 3 nitrogen and oxygen atoms in total. The van der Waals surface area contributed by atoms with Crippen LogP contribution in [0.3, 0.4) is 0 Å². The molecule has 0 saturated heterocycles. The third-order valence-corrected chi connectivity index (χ3v) is 3.32.